The summed E-state index contributed by atoms with van der Waals surface area (Å²) >= 11 is 0. The van der Waals surface area contributed by atoms with Crippen molar-refractivity contribution in [3.05, 3.63) is 40.2 Å². The fourth-order valence-corrected chi connectivity index (χ4v) is 4.66. The minimum atomic E-state index is -3.72. The van der Waals surface area contributed by atoms with Crippen molar-refractivity contribution in [2.75, 3.05) is 26.2 Å². The second kappa shape index (κ2) is 9.20. The van der Waals surface area contributed by atoms with Crippen molar-refractivity contribution >= 4 is 26.8 Å². The van der Waals surface area contributed by atoms with Crippen LogP contribution in [0.5, 0.6) is 0 Å². The molecule has 1 unspecified atom stereocenters. The number of amides is 1. The molecule has 1 aromatic carbocycles. The number of rotatable bonds is 8. The quantitative estimate of drug-likeness (QED) is 0.706. The minimum absolute atomic E-state index is 0.0586. The van der Waals surface area contributed by atoms with Gasteiger partial charge in [0.15, 0.2) is 0 Å². The largest absolute Gasteiger partial charge is 0.338 e. The van der Waals surface area contributed by atoms with Gasteiger partial charge in [-0.3, -0.25) is 9.59 Å². The Bertz CT molecular complexity index is 1100. The zero-order valence-electron chi connectivity index (χ0n) is 17.1. The molecule has 0 aliphatic rings. The first-order valence-corrected chi connectivity index (χ1v) is 11.0. The molecule has 1 atom stereocenters. The molecular formula is C20H26N4O4S. The first-order chi connectivity index (χ1) is 13.7. The zero-order chi connectivity index (χ0) is 21.8. The summed E-state index contributed by atoms with van der Waals surface area (Å²) in [4.78, 5) is 29.4. The van der Waals surface area contributed by atoms with Gasteiger partial charge in [0.05, 0.1) is 22.4 Å². The van der Waals surface area contributed by atoms with Crippen molar-refractivity contribution in [2.45, 2.75) is 32.6 Å². The summed E-state index contributed by atoms with van der Waals surface area (Å²) in [6.45, 7) is 8.23. The van der Waals surface area contributed by atoms with Crippen LogP contribution >= 0.6 is 0 Å². The molecule has 8 nitrogen and oxygen atoms in total. The van der Waals surface area contributed by atoms with E-state index in [1.165, 1.54) is 33.5 Å². The van der Waals surface area contributed by atoms with Gasteiger partial charge in [-0.05, 0) is 32.0 Å². The molecule has 0 saturated heterocycles. The normalized spacial score (nSPS) is 12.7. The molecule has 0 bridgehead atoms. The van der Waals surface area contributed by atoms with E-state index >= 15 is 0 Å². The predicted molar refractivity (Wildman–Crippen MR) is 111 cm³/mol. The van der Waals surface area contributed by atoms with Gasteiger partial charge >= 0.3 is 0 Å². The van der Waals surface area contributed by atoms with Crippen LogP contribution in [0.4, 0.5) is 0 Å². The first kappa shape index (κ1) is 22.6. The van der Waals surface area contributed by atoms with E-state index in [0.717, 1.165) is 0 Å². The Labute approximate surface area is 170 Å². The molecule has 2 aromatic rings. The SMILES string of the molecule is CCN(CC(C)C#N)C(=O)c1cc(=O)[nH]c2ccc(S(=O)(=O)N(CC)CC)cc12. The second-order valence-corrected chi connectivity index (χ2v) is 8.66. The first-order valence-electron chi connectivity index (χ1n) is 9.55. The molecule has 1 amide bonds. The van der Waals surface area contributed by atoms with Gasteiger partial charge in [-0.1, -0.05) is 13.8 Å². The molecular weight excluding hydrogens is 392 g/mol. The Kier molecular flexibility index (Phi) is 7.16. The molecule has 1 aromatic heterocycles. The smallest absolute Gasteiger partial charge is 0.254 e. The van der Waals surface area contributed by atoms with Crippen molar-refractivity contribution in [3.8, 4) is 6.07 Å². The van der Waals surface area contributed by atoms with Crippen LogP contribution < -0.4 is 5.56 Å². The van der Waals surface area contributed by atoms with E-state index in [1.807, 2.05) is 0 Å². The van der Waals surface area contributed by atoms with Crippen LogP contribution in [-0.4, -0.2) is 54.7 Å². The number of sulfonamides is 1. The zero-order valence-corrected chi connectivity index (χ0v) is 17.9. The number of hydrogen-bond donors (Lipinski definition) is 1. The highest BCUT2D eigenvalue weighted by atomic mass is 32.2. The predicted octanol–water partition coefficient (Wildman–Crippen LogP) is 2.18. The average molecular weight is 419 g/mol. The van der Waals surface area contributed by atoms with E-state index in [4.69, 9.17) is 5.26 Å². The Hall–Kier alpha value is -2.70. The number of H-pyrrole nitrogens is 1. The fourth-order valence-electron chi connectivity index (χ4n) is 3.18. The number of carbonyl (C=O) groups is 1. The Morgan fingerprint density at radius 2 is 1.83 bits per heavy atom. The number of aromatic nitrogens is 1. The molecule has 0 spiro atoms. The molecule has 2 rings (SSSR count). The third-order valence-corrected chi connectivity index (χ3v) is 6.82. The van der Waals surface area contributed by atoms with Crippen LogP contribution in [0.15, 0.2) is 34.0 Å². The number of carbonyl (C=O) groups excluding carboxylic acids is 1. The maximum absolute atomic E-state index is 13.1. The summed E-state index contributed by atoms with van der Waals surface area (Å²) in [6.07, 6.45) is 0. The van der Waals surface area contributed by atoms with Crippen LogP contribution in [0.2, 0.25) is 0 Å². The van der Waals surface area contributed by atoms with E-state index in [2.05, 4.69) is 11.1 Å². The van der Waals surface area contributed by atoms with E-state index in [-0.39, 0.29) is 22.9 Å². The van der Waals surface area contributed by atoms with E-state index in [0.29, 0.717) is 30.5 Å². The van der Waals surface area contributed by atoms with Gasteiger partial charge in [0, 0.05) is 43.1 Å². The molecule has 0 aliphatic heterocycles. The number of fused-ring (bicyclic) bond motifs is 1. The van der Waals surface area contributed by atoms with Crippen LogP contribution in [0.3, 0.4) is 0 Å². The molecule has 9 heteroatoms. The van der Waals surface area contributed by atoms with E-state index < -0.39 is 21.5 Å². The van der Waals surface area contributed by atoms with E-state index in [1.54, 1.807) is 27.7 Å². The van der Waals surface area contributed by atoms with Gasteiger partial charge in [0.2, 0.25) is 15.6 Å². The van der Waals surface area contributed by atoms with Gasteiger partial charge in [0.1, 0.15) is 0 Å². The molecule has 1 heterocycles. The number of hydrogen-bond acceptors (Lipinski definition) is 5. The Morgan fingerprint density at radius 3 is 2.38 bits per heavy atom. The van der Waals surface area contributed by atoms with Crippen LogP contribution in [0.1, 0.15) is 38.1 Å². The monoisotopic (exact) mass is 418 g/mol. The standard InChI is InChI=1S/C20H26N4O4S/c1-5-23(13-14(4)12-21)20(26)17-11-19(25)22-18-9-8-15(10-16(17)18)29(27,28)24(6-2)7-3/h8-11,14H,5-7,13H2,1-4H3,(H,22,25). The maximum Gasteiger partial charge on any atom is 0.254 e. The summed E-state index contributed by atoms with van der Waals surface area (Å²) in [7, 11) is -3.72. The maximum atomic E-state index is 13.1. The number of nitrogens with one attached hydrogen (secondary N) is 1. The fraction of sp³-hybridized carbons (Fsp3) is 0.450. The third-order valence-electron chi connectivity index (χ3n) is 4.77. The summed E-state index contributed by atoms with van der Waals surface area (Å²) in [5.74, 6) is -0.783. The number of nitriles is 1. The lowest BCUT2D eigenvalue weighted by molar-refractivity contribution is 0.0754. The lowest BCUT2D eigenvalue weighted by Crippen LogP contribution is -2.35. The third kappa shape index (κ3) is 4.66. The molecule has 0 radical (unpaired) electrons. The molecule has 1 N–H and O–H groups in total. The van der Waals surface area contributed by atoms with Crippen LogP contribution in [0.25, 0.3) is 10.9 Å². The molecule has 0 aliphatic carbocycles. The summed E-state index contributed by atoms with van der Waals surface area (Å²) in [5, 5.41) is 9.41. The van der Waals surface area contributed by atoms with Crippen molar-refractivity contribution in [1.82, 2.24) is 14.2 Å². The Morgan fingerprint density at radius 1 is 1.17 bits per heavy atom. The van der Waals surface area contributed by atoms with Crippen molar-refractivity contribution in [1.29, 1.82) is 5.26 Å². The Balaban J connectivity index is 2.65. The van der Waals surface area contributed by atoms with Gasteiger partial charge in [-0.25, -0.2) is 8.42 Å². The number of aromatic amines is 1. The number of nitrogens with zero attached hydrogens (tertiary/aromatic N) is 3. The molecule has 0 fully saturated rings. The molecule has 156 valence electrons. The van der Waals surface area contributed by atoms with Gasteiger partial charge in [-0.2, -0.15) is 9.57 Å². The number of benzene rings is 1. The second-order valence-electron chi connectivity index (χ2n) is 6.72. The van der Waals surface area contributed by atoms with Gasteiger partial charge < -0.3 is 9.88 Å². The topological polar surface area (TPSA) is 114 Å². The lowest BCUT2D eigenvalue weighted by Gasteiger charge is -2.23. The molecule has 29 heavy (non-hydrogen) atoms. The minimum Gasteiger partial charge on any atom is -0.338 e. The highest BCUT2D eigenvalue weighted by Crippen LogP contribution is 2.24. The summed E-state index contributed by atoms with van der Waals surface area (Å²) in [5.41, 5.74) is 0.0423. The lowest BCUT2D eigenvalue weighted by atomic mass is 10.1. The van der Waals surface area contributed by atoms with Crippen LogP contribution in [0, 0.1) is 17.2 Å². The molecule has 0 saturated carbocycles. The van der Waals surface area contributed by atoms with Gasteiger partial charge in [-0.15, -0.1) is 0 Å². The highest BCUT2D eigenvalue weighted by molar-refractivity contribution is 7.89. The highest BCUT2D eigenvalue weighted by Gasteiger charge is 2.24. The summed E-state index contributed by atoms with van der Waals surface area (Å²) < 4.78 is 27.1. The van der Waals surface area contributed by atoms with Crippen LogP contribution in [-0.2, 0) is 10.0 Å². The van der Waals surface area contributed by atoms with Crippen molar-refractivity contribution in [2.24, 2.45) is 5.92 Å². The van der Waals surface area contributed by atoms with Crippen molar-refractivity contribution < 1.29 is 13.2 Å². The van der Waals surface area contributed by atoms with Gasteiger partial charge in [0.25, 0.3) is 5.91 Å². The van der Waals surface area contributed by atoms with Crippen molar-refractivity contribution in [3.63, 3.8) is 0 Å². The van der Waals surface area contributed by atoms with E-state index in [9.17, 15) is 18.0 Å². The summed E-state index contributed by atoms with van der Waals surface area (Å²) in [6, 6.07) is 7.62. The number of pyridine rings is 1. The average Bonchev–Trinajstić information content (AvgIpc) is 2.70.